The van der Waals surface area contributed by atoms with Crippen molar-refractivity contribution in [3.63, 3.8) is 0 Å². The Labute approximate surface area is 184 Å². The van der Waals surface area contributed by atoms with Gasteiger partial charge >= 0.3 is 6.18 Å². The average Bonchev–Trinajstić information content (AvgIpc) is 3.13. The molecule has 0 bridgehead atoms. The molecule has 2 heterocycles. The standard InChI is InChI=1S/C19H11F3N2O4S3/c1-31(27,28)24-13-8-3-2-7-12(13)14(16(24)25)15-17(26)23(18(29)30-15)11-6-4-5-10(9-11)19(20,21)22/h2-9H,1H3. The summed E-state index contributed by atoms with van der Waals surface area (Å²) in [6.45, 7) is 0. The number of thioether (sulfide) groups is 1. The summed E-state index contributed by atoms with van der Waals surface area (Å²) >= 11 is 5.93. The molecule has 0 atom stereocenters. The van der Waals surface area contributed by atoms with Crippen LogP contribution in [0.2, 0.25) is 0 Å². The van der Waals surface area contributed by atoms with Gasteiger partial charge < -0.3 is 0 Å². The Balaban J connectivity index is 1.85. The molecule has 2 aromatic rings. The van der Waals surface area contributed by atoms with Crippen molar-refractivity contribution in [3.8, 4) is 0 Å². The second kappa shape index (κ2) is 7.18. The molecule has 12 heteroatoms. The predicted octanol–water partition coefficient (Wildman–Crippen LogP) is 3.79. The molecule has 2 aliphatic rings. The van der Waals surface area contributed by atoms with E-state index in [1.165, 1.54) is 18.2 Å². The van der Waals surface area contributed by atoms with Crippen LogP contribution in [0.25, 0.3) is 5.57 Å². The summed E-state index contributed by atoms with van der Waals surface area (Å²) in [5.41, 5.74) is -0.909. The molecule has 2 aliphatic heterocycles. The smallest absolute Gasteiger partial charge is 0.268 e. The molecule has 160 valence electrons. The number of carbonyl (C=O) groups is 2. The third kappa shape index (κ3) is 3.54. The fourth-order valence-corrected chi connectivity index (χ4v) is 5.58. The summed E-state index contributed by atoms with van der Waals surface area (Å²) in [7, 11) is -3.99. The Morgan fingerprint density at radius 3 is 2.32 bits per heavy atom. The highest BCUT2D eigenvalue weighted by molar-refractivity contribution is 8.27. The van der Waals surface area contributed by atoms with Crippen LogP contribution in [0.15, 0.2) is 53.4 Å². The summed E-state index contributed by atoms with van der Waals surface area (Å²) in [5.74, 6) is -1.73. The van der Waals surface area contributed by atoms with Gasteiger partial charge in [-0.15, -0.1) is 0 Å². The van der Waals surface area contributed by atoms with Crippen LogP contribution >= 0.6 is 24.0 Å². The lowest BCUT2D eigenvalue weighted by molar-refractivity contribution is -0.137. The third-order valence-electron chi connectivity index (χ3n) is 4.55. The number of amides is 2. The SMILES string of the molecule is CS(=O)(=O)N1C(=O)C(=C2SC(=S)N(c3cccc(C(F)(F)F)c3)C2=O)c2ccccc21. The van der Waals surface area contributed by atoms with Crippen molar-refractivity contribution in [3.05, 3.63) is 64.6 Å². The second-order valence-electron chi connectivity index (χ2n) is 6.61. The van der Waals surface area contributed by atoms with Gasteiger partial charge in [0.05, 0.1) is 33.7 Å². The van der Waals surface area contributed by atoms with Crippen LogP contribution in [-0.2, 0) is 25.8 Å². The van der Waals surface area contributed by atoms with Crippen LogP contribution in [0.3, 0.4) is 0 Å². The van der Waals surface area contributed by atoms with Crippen LogP contribution in [-0.4, -0.2) is 30.8 Å². The number of hydrogen-bond donors (Lipinski definition) is 0. The number of alkyl halides is 3. The van der Waals surface area contributed by atoms with Crippen molar-refractivity contribution in [1.82, 2.24) is 0 Å². The van der Waals surface area contributed by atoms with Crippen molar-refractivity contribution in [2.24, 2.45) is 0 Å². The lowest BCUT2D eigenvalue weighted by Crippen LogP contribution is -2.33. The van der Waals surface area contributed by atoms with E-state index in [1.54, 1.807) is 12.1 Å². The summed E-state index contributed by atoms with van der Waals surface area (Å²) in [4.78, 5) is 26.9. The first-order valence-corrected chi connectivity index (χ1v) is 11.6. The number of thiocarbonyl (C=S) groups is 1. The Bertz CT molecular complexity index is 1300. The first-order chi connectivity index (χ1) is 14.4. The van der Waals surface area contributed by atoms with Crippen molar-refractivity contribution in [2.75, 3.05) is 15.5 Å². The van der Waals surface area contributed by atoms with E-state index in [0.29, 0.717) is 4.31 Å². The molecule has 2 amide bonds. The third-order valence-corrected chi connectivity index (χ3v) is 6.95. The number of hydrogen-bond acceptors (Lipinski definition) is 6. The van der Waals surface area contributed by atoms with Crippen LogP contribution in [0.5, 0.6) is 0 Å². The number of rotatable bonds is 2. The number of halogens is 3. The number of carbonyl (C=O) groups excluding carboxylic acids is 2. The quantitative estimate of drug-likeness (QED) is 0.477. The maximum absolute atomic E-state index is 13.1. The molecule has 0 aromatic heterocycles. The lowest BCUT2D eigenvalue weighted by atomic mass is 10.1. The van der Waals surface area contributed by atoms with E-state index >= 15 is 0 Å². The minimum absolute atomic E-state index is 0.0742. The molecule has 0 N–H and O–H groups in total. The average molecular weight is 485 g/mol. The molecular formula is C19H11F3N2O4S3. The highest BCUT2D eigenvalue weighted by atomic mass is 32.2. The molecule has 1 saturated heterocycles. The lowest BCUT2D eigenvalue weighted by Gasteiger charge is -2.16. The highest BCUT2D eigenvalue weighted by Crippen LogP contribution is 2.46. The molecule has 0 unspecified atom stereocenters. The minimum Gasteiger partial charge on any atom is -0.268 e. The number of nitrogens with zero attached hydrogens (tertiary/aromatic N) is 2. The Morgan fingerprint density at radius 1 is 1.00 bits per heavy atom. The summed E-state index contributed by atoms with van der Waals surface area (Å²) in [6, 6.07) is 10.1. The predicted molar refractivity (Wildman–Crippen MR) is 115 cm³/mol. The first-order valence-electron chi connectivity index (χ1n) is 8.53. The van der Waals surface area contributed by atoms with E-state index in [9.17, 15) is 31.2 Å². The molecule has 0 aliphatic carbocycles. The van der Waals surface area contributed by atoms with E-state index in [2.05, 4.69) is 0 Å². The van der Waals surface area contributed by atoms with Crippen molar-refractivity contribution in [2.45, 2.75) is 6.18 Å². The summed E-state index contributed by atoms with van der Waals surface area (Å²) in [5, 5.41) is 0. The first kappa shape index (κ1) is 21.5. The molecule has 0 saturated carbocycles. The highest BCUT2D eigenvalue weighted by Gasteiger charge is 2.45. The molecule has 0 radical (unpaired) electrons. The summed E-state index contributed by atoms with van der Waals surface area (Å²) in [6.07, 6.45) is -3.76. The van der Waals surface area contributed by atoms with Gasteiger partial charge in [0.2, 0.25) is 10.0 Å². The van der Waals surface area contributed by atoms with Gasteiger partial charge in [-0.05, 0) is 24.3 Å². The van der Waals surface area contributed by atoms with Crippen LogP contribution in [0, 0.1) is 0 Å². The van der Waals surface area contributed by atoms with E-state index in [4.69, 9.17) is 12.2 Å². The largest absolute Gasteiger partial charge is 0.416 e. The molecule has 2 aromatic carbocycles. The van der Waals surface area contributed by atoms with Gasteiger partial charge in [0.1, 0.15) is 0 Å². The van der Waals surface area contributed by atoms with E-state index in [1.807, 2.05) is 0 Å². The van der Waals surface area contributed by atoms with Gasteiger partial charge in [-0.3, -0.25) is 14.5 Å². The maximum Gasteiger partial charge on any atom is 0.416 e. The Morgan fingerprint density at radius 2 is 1.68 bits per heavy atom. The number of benzene rings is 2. The Hall–Kier alpha value is -2.70. The summed E-state index contributed by atoms with van der Waals surface area (Å²) < 4.78 is 64.1. The number of fused-ring (bicyclic) bond motifs is 1. The van der Waals surface area contributed by atoms with E-state index < -0.39 is 33.6 Å². The van der Waals surface area contributed by atoms with Gasteiger partial charge in [0, 0.05) is 5.56 Å². The number of anilines is 2. The number of para-hydroxylation sites is 1. The molecular weight excluding hydrogens is 473 g/mol. The van der Waals surface area contributed by atoms with E-state index in [0.717, 1.165) is 41.1 Å². The minimum atomic E-state index is -4.62. The van der Waals surface area contributed by atoms with Gasteiger partial charge in [0.25, 0.3) is 11.8 Å². The fraction of sp³-hybridized carbons (Fsp3) is 0.105. The van der Waals surface area contributed by atoms with Gasteiger partial charge in [0.15, 0.2) is 4.32 Å². The van der Waals surface area contributed by atoms with Crippen LogP contribution < -0.4 is 9.21 Å². The van der Waals surface area contributed by atoms with Gasteiger partial charge in [-0.2, -0.15) is 13.2 Å². The van der Waals surface area contributed by atoms with Crippen LogP contribution in [0.1, 0.15) is 11.1 Å². The maximum atomic E-state index is 13.1. The van der Waals surface area contributed by atoms with Crippen molar-refractivity contribution in [1.29, 1.82) is 0 Å². The molecule has 4 rings (SSSR count). The van der Waals surface area contributed by atoms with Gasteiger partial charge in [-0.25, -0.2) is 12.7 Å². The fourth-order valence-electron chi connectivity index (χ4n) is 3.30. The Kier molecular flexibility index (Phi) is 4.98. The normalized spacial score (nSPS) is 19.4. The van der Waals surface area contributed by atoms with Crippen molar-refractivity contribution < 1.29 is 31.2 Å². The zero-order valence-corrected chi connectivity index (χ0v) is 18.0. The van der Waals surface area contributed by atoms with Crippen molar-refractivity contribution >= 4 is 67.1 Å². The topological polar surface area (TPSA) is 74.8 Å². The molecule has 1 fully saturated rings. The van der Waals surface area contributed by atoms with E-state index in [-0.39, 0.29) is 31.7 Å². The zero-order chi connectivity index (χ0) is 22.7. The molecule has 6 nitrogen and oxygen atoms in total. The number of sulfonamides is 1. The monoisotopic (exact) mass is 484 g/mol. The second-order valence-corrected chi connectivity index (χ2v) is 10.1. The zero-order valence-electron chi connectivity index (χ0n) is 15.5. The molecule has 31 heavy (non-hydrogen) atoms. The van der Waals surface area contributed by atoms with Crippen LogP contribution in [0.4, 0.5) is 24.5 Å². The van der Waals surface area contributed by atoms with Gasteiger partial charge in [-0.1, -0.05) is 48.2 Å². The molecule has 0 spiro atoms.